The number of anilines is 1. The fourth-order valence-corrected chi connectivity index (χ4v) is 2.69. The Hall–Kier alpha value is -2.81. The lowest BCUT2D eigenvalue weighted by Gasteiger charge is -2.26. The molecule has 22 heavy (non-hydrogen) atoms. The molecule has 2 aromatic rings. The molecule has 1 atom stereocenters. The molecule has 3 rings (SSSR count). The smallest absolute Gasteiger partial charge is 0.234 e. The van der Waals surface area contributed by atoms with E-state index in [9.17, 15) is 5.26 Å². The van der Waals surface area contributed by atoms with Crippen LogP contribution < -0.4 is 11.1 Å². The minimum Gasteiger partial charge on any atom is -0.384 e. The summed E-state index contributed by atoms with van der Waals surface area (Å²) in [7, 11) is 0. The van der Waals surface area contributed by atoms with Crippen LogP contribution in [0.5, 0.6) is 0 Å². The van der Waals surface area contributed by atoms with Gasteiger partial charge in [-0.1, -0.05) is 32.0 Å². The van der Waals surface area contributed by atoms with Gasteiger partial charge in [0.1, 0.15) is 5.82 Å². The van der Waals surface area contributed by atoms with Crippen LogP contribution in [0.2, 0.25) is 0 Å². The second-order valence-corrected chi connectivity index (χ2v) is 6.31. The van der Waals surface area contributed by atoms with Crippen molar-refractivity contribution in [1.82, 2.24) is 10.1 Å². The highest BCUT2D eigenvalue weighted by atomic mass is 16.5. The van der Waals surface area contributed by atoms with Gasteiger partial charge in [-0.15, -0.1) is 0 Å². The maximum Gasteiger partial charge on any atom is 0.234 e. The molecule has 0 bridgehead atoms. The molecule has 1 aliphatic heterocycles. The zero-order valence-corrected chi connectivity index (χ0v) is 12.7. The topological polar surface area (TPSA) is 101 Å². The van der Waals surface area contributed by atoms with Crippen LogP contribution in [0.4, 0.5) is 5.88 Å². The Balaban J connectivity index is 2.27. The quantitative estimate of drug-likeness (QED) is 0.838. The van der Waals surface area contributed by atoms with E-state index < -0.39 is 0 Å². The van der Waals surface area contributed by atoms with Gasteiger partial charge in [-0.05, 0) is 11.6 Å². The first-order valence-electron chi connectivity index (χ1n) is 7.00. The number of allylic oxidation sites excluding steroid dienone is 1. The molecule has 0 spiro atoms. The number of hydrogen-bond acceptors (Lipinski definition) is 6. The van der Waals surface area contributed by atoms with Gasteiger partial charge < -0.3 is 15.6 Å². The number of nitrogens with one attached hydrogen (secondary N) is 1. The van der Waals surface area contributed by atoms with Gasteiger partial charge in [-0.3, -0.25) is 4.98 Å². The molecular formula is C16H17N5O. The van der Waals surface area contributed by atoms with Crippen molar-refractivity contribution in [1.29, 1.82) is 5.26 Å². The van der Waals surface area contributed by atoms with Crippen LogP contribution in [0.1, 0.15) is 43.5 Å². The minimum absolute atomic E-state index is 0.216. The second-order valence-electron chi connectivity index (χ2n) is 6.31. The van der Waals surface area contributed by atoms with Gasteiger partial charge in [-0.25, -0.2) is 0 Å². The normalized spacial score (nSPS) is 17.6. The molecule has 1 aliphatic rings. The van der Waals surface area contributed by atoms with Crippen molar-refractivity contribution in [3.8, 4) is 6.07 Å². The first-order valence-corrected chi connectivity index (χ1v) is 7.00. The van der Waals surface area contributed by atoms with E-state index in [1.54, 1.807) is 12.4 Å². The average Bonchev–Trinajstić information content (AvgIpc) is 2.90. The first-order chi connectivity index (χ1) is 10.4. The van der Waals surface area contributed by atoms with Crippen LogP contribution in [-0.2, 0) is 5.41 Å². The molecule has 0 saturated heterocycles. The van der Waals surface area contributed by atoms with E-state index in [4.69, 9.17) is 10.3 Å². The van der Waals surface area contributed by atoms with Crippen LogP contribution in [0.15, 0.2) is 40.4 Å². The standard InChI is InChI=1S/C16H17N5O/c1-16(2,3)13-12-11(9-5-4-6-19-8-9)10(7-17)14(18)20-15(12)22-21-13/h4-6,8,11,20H,18H2,1-3H3/t11-/m1/s1. The number of aromatic nitrogens is 2. The Bertz CT molecular complexity index is 777. The molecule has 0 aliphatic carbocycles. The van der Waals surface area contributed by atoms with Crippen molar-refractivity contribution in [2.75, 3.05) is 5.32 Å². The number of fused-ring (bicyclic) bond motifs is 1. The molecule has 0 amide bonds. The molecule has 0 saturated carbocycles. The Labute approximate surface area is 128 Å². The lowest BCUT2D eigenvalue weighted by atomic mass is 9.78. The lowest BCUT2D eigenvalue weighted by molar-refractivity contribution is 0.404. The number of nitrogens with two attached hydrogens (primary N) is 1. The summed E-state index contributed by atoms with van der Waals surface area (Å²) in [5.41, 5.74) is 8.77. The van der Waals surface area contributed by atoms with Gasteiger partial charge in [-0.2, -0.15) is 5.26 Å². The van der Waals surface area contributed by atoms with Crippen molar-refractivity contribution < 1.29 is 4.52 Å². The SMILES string of the molecule is CC(C)(C)c1noc2c1[C@H](c1cccnc1)C(C#N)=C(N)N2. The molecule has 0 unspecified atom stereocenters. The highest BCUT2D eigenvalue weighted by Crippen LogP contribution is 2.45. The Kier molecular flexibility index (Phi) is 3.14. The minimum atomic E-state index is -0.324. The number of hydrogen-bond donors (Lipinski definition) is 2. The van der Waals surface area contributed by atoms with Crippen LogP contribution >= 0.6 is 0 Å². The number of rotatable bonds is 1. The van der Waals surface area contributed by atoms with E-state index >= 15 is 0 Å². The molecule has 0 fully saturated rings. The highest BCUT2D eigenvalue weighted by molar-refractivity contribution is 5.64. The van der Waals surface area contributed by atoms with Crippen LogP contribution in [-0.4, -0.2) is 10.1 Å². The number of nitrogens with zero attached hydrogens (tertiary/aromatic N) is 3. The van der Waals surface area contributed by atoms with Gasteiger partial charge in [0.15, 0.2) is 0 Å². The molecular weight excluding hydrogens is 278 g/mol. The van der Waals surface area contributed by atoms with Gasteiger partial charge in [0.2, 0.25) is 5.88 Å². The van der Waals surface area contributed by atoms with Crippen LogP contribution in [0.25, 0.3) is 0 Å². The van der Waals surface area contributed by atoms with E-state index in [-0.39, 0.29) is 11.3 Å². The third-order valence-electron chi connectivity index (χ3n) is 3.69. The first kappa shape index (κ1) is 14.1. The summed E-state index contributed by atoms with van der Waals surface area (Å²) in [4.78, 5) is 4.16. The van der Waals surface area contributed by atoms with Crippen LogP contribution in [0.3, 0.4) is 0 Å². The molecule has 0 radical (unpaired) electrons. The number of nitriles is 1. The van der Waals surface area contributed by atoms with Crippen LogP contribution in [0, 0.1) is 11.3 Å². The van der Waals surface area contributed by atoms with Crippen molar-refractivity contribution in [2.24, 2.45) is 5.73 Å². The van der Waals surface area contributed by atoms with E-state index in [2.05, 4.69) is 42.3 Å². The maximum absolute atomic E-state index is 9.55. The average molecular weight is 295 g/mol. The lowest BCUT2D eigenvalue weighted by Crippen LogP contribution is -2.25. The van der Waals surface area contributed by atoms with E-state index in [1.165, 1.54) is 0 Å². The summed E-state index contributed by atoms with van der Waals surface area (Å²) in [5.74, 6) is 0.464. The molecule has 112 valence electrons. The van der Waals surface area contributed by atoms with E-state index in [0.29, 0.717) is 17.3 Å². The highest BCUT2D eigenvalue weighted by Gasteiger charge is 2.38. The Morgan fingerprint density at radius 2 is 2.18 bits per heavy atom. The summed E-state index contributed by atoms with van der Waals surface area (Å²) in [6, 6.07) is 5.97. The summed E-state index contributed by atoms with van der Waals surface area (Å²) in [5, 5.41) is 16.7. The monoisotopic (exact) mass is 295 g/mol. The molecule has 6 heteroatoms. The fraction of sp³-hybridized carbons (Fsp3) is 0.312. The second kappa shape index (κ2) is 4.88. The Morgan fingerprint density at radius 3 is 2.77 bits per heavy atom. The predicted molar refractivity (Wildman–Crippen MR) is 81.7 cm³/mol. The fourth-order valence-electron chi connectivity index (χ4n) is 2.69. The van der Waals surface area contributed by atoms with Gasteiger partial charge >= 0.3 is 0 Å². The largest absolute Gasteiger partial charge is 0.384 e. The van der Waals surface area contributed by atoms with Gasteiger partial charge in [0.25, 0.3) is 0 Å². The van der Waals surface area contributed by atoms with Crippen molar-refractivity contribution >= 4 is 5.88 Å². The summed E-state index contributed by atoms with van der Waals surface area (Å²) in [6.07, 6.45) is 3.44. The zero-order valence-electron chi connectivity index (χ0n) is 12.7. The number of pyridine rings is 1. The summed E-state index contributed by atoms with van der Waals surface area (Å²) >= 11 is 0. The molecule has 3 heterocycles. The van der Waals surface area contributed by atoms with Crippen molar-refractivity contribution in [3.63, 3.8) is 0 Å². The molecule has 2 aromatic heterocycles. The zero-order chi connectivity index (χ0) is 15.9. The third-order valence-corrected chi connectivity index (χ3v) is 3.69. The predicted octanol–water partition coefficient (Wildman–Crippen LogP) is 2.62. The summed E-state index contributed by atoms with van der Waals surface area (Å²) in [6.45, 7) is 6.16. The van der Waals surface area contributed by atoms with Gasteiger partial charge in [0.05, 0.1) is 28.8 Å². The maximum atomic E-state index is 9.55. The van der Waals surface area contributed by atoms with Crippen molar-refractivity contribution in [2.45, 2.75) is 32.1 Å². The van der Waals surface area contributed by atoms with E-state index in [0.717, 1.165) is 16.8 Å². The van der Waals surface area contributed by atoms with Gasteiger partial charge in [0, 0.05) is 17.8 Å². The summed E-state index contributed by atoms with van der Waals surface area (Å²) < 4.78 is 5.42. The molecule has 0 aromatic carbocycles. The van der Waals surface area contributed by atoms with E-state index in [1.807, 2.05) is 12.1 Å². The Morgan fingerprint density at radius 1 is 1.41 bits per heavy atom. The van der Waals surface area contributed by atoms with Crippen molar-refractivity contribution in [3.05, 3.63) is 52.7 Å². The molecule has 6 nitrogen and oxygen atoms in total. The molecule has 3 N–H and O–H groups in total. The third kappa shape index (κ3) is 2.11.